The zero-order valence-corrected chi connectivity index (χ0v) is 16.2. The van der Waals surface area contributed by atoms with Crippen LogP contribution in [0.5, 0.6) is 0 Å². The molecule has 1 aromatic rings. The van der Waals surface area contributed by atoms with Crippen LogP contribution in [0.25, 0.3) is 0 Å². The number of benzene rings is 1. The molecule has 146 valence electrons. The lowest BCUT2D eigenvalue weighted by atomic mass is 9.90. The Balaban J connectivity index is 1.31. The van der Waals surface area contributed by atoms with Crippen molar-refractivity contribution < 1.29 is 14.5 Å². The number of amides is 3. The normalized spacial score (nSPS) is 28.2. The number of urea groups is 1. The number of rotatable bonds is 4. The van der Waals surface area contributed by atoms with Crippen molar-refractivity contribution in [2.45, 2.75) is 63.3 Å². The first-order valence-electron chi connectivity index (χ1n) is 10.7. The molecule has 0 bridgehead atoms. The van der Waals surface area contributed by atoms with E-state index in [1.54, 1.807) is 0 Å². The van der Waals surface area contributed by atoms with Crippen LogP contribution in [-0.2, 0) is 11.2 Å². The second-order valence-electron chi connectivity index (χ2n) is 8.70. The summed E-state index contributed by atoms with van der Waals surface area (Å²) in [5.41, 5.74) is 0.814. The molecule has 0 atom stereocenters. The molecular weight excluding hydrogens is 338 g/mol. The molecule has 5 heteroatoms. The molecule has 3 aliphatic rings. The van der Waals surface area contributed by atoms with Gasteiger partial charge in [-0.25, -0.2) is 9.69 Å². The van der Waals surface area contributed by atoms with E-state index < -0.39 is 5.54 Å². The fraction of sp³-hybridized carbons (Fsp3) is 0.636. The SMILES string of the molecule is O=C1NC2(CCCCCC2)C(=O)N1C[NH+]1CCC(Cc2ccccc2)CC1. The topological polar surface area (TPSA) is 53.9 Å². The molecule has 0 aromatic heterocycles. The fourth-order valence-electron chi connectivity index (χ4n) is 5.11. The molecule has 0 radical (unpaired) electrons. The first-order chi connectivity index (χ1) is 13.2. The minimum absolute atomic E-state index is 0.0355. The van der Waals surface area contributed by atoms with Gasteiger partial charge in [0.25, 0.3) is 5.91 Å². The van der Waals surface area contributed by atoms with Crippen LogP contribution in [0.4, 0.5) is 4.79 Å². The van der Waals surface area contributed by atoms with Crippen molar-refractivity contribution in [1.82, 2.24) is 10.2 Å². The van der Waals surface area contributed by atoms with Crippen molar-refractivity contribution in [3.05, 3.63) is 35.9 Å². The fourth-order valence-corrected chi connectivity index (χ4v) is 5.11. The van der Waals surface area contributed by atoms with Crippen LogP contribution in [0.1, 0.15) is 56.9 Å². The summed E-state index contributed by atoms with van der Waals surface area (Å²) < 4.78 is 0. The highest BCUT2D eigenvalue weighted by Gasteiger charge is 2.51. The molecule has 2 aliphatic heterocycles. The number of nitrogens with one attached hydrogen (secondary N) is 2. The predicted octanol–water partition coefficient (Wildman–Crippen LogP) is 2.13. The van der Waals surface area contributed by atoms with Crippen LogP contribution >= 0.6 is 0 Å². The number of hydrogen-bond acceptors (Lipinski definition) is 2. The number of carbonyl (C=O) groups excluding carboxylic acids is 2. The second-order valence-corrected chi connectivity index (χ2v) is 8.70. The summed E-state index contributed by atoms with van der Waals surface area (Å²) in [6.45, 7) is 2.62. The third-order valence-corrected chi connectivity index (χ3v) is 6.76. The third kappa shape index (κ3) is 4.03. The van der Waals surface area contributed by atoms with Crippen LogP contribution in [0.15, 0.2) is 30.3 Å². The number of hydrogen-bond donors (Lipinski definition) is 2. The minimum atomic E-state index is -0.599. The molecule has 3 amide bonds. The van der Waals surface area contributed by atoms with Crippen LogP contribution in [0.3, 0.4) is 0 Å². The van der Waals surface area contributed by atoms with Gasteiger partial charge in [-0.15, -0.1) is 0 Å². The summed E-state index contributed by atoms with van der Waals surface area (Å²) in [6, 6.07) is 10.5. The first-order valence-corrected chi connectivity index (χ1v) is 10.7. The van der Waals surface area contributed by atoms with Gasteiger partial charge < -0.3 is 10.2 Å². The summed E-state index contributed by atoms with van der Waals surface area (Å²) in [4.78, 5) is 28.5. The Morgan fingerprint density at radius 2 is 1.67 bits per heavy atom. The highest BCUT2D eigenvalue weighted by atomic mass is 16.2. The molecule has 2 N–H and O–H groups in total. The van der Waals surface area contributed by atoms with Crippen LogP contribution in [-0.4, -0.2) is 42.1 Å². The third-order valence-electron chi connectivity index (χ3n) is 6.76. The van der Waals surface area contributed by atoms with Crippen molar-refractivity contribution in [1.29, 1.82) is 0 Å². The number of nitrogens with zero attached hydrogens (tertiary/aromatic N) is 1. The maximum atomic E-state index is 13.1. The summed E-state index contributed by atoms with van der Waals surface area (Å²) >= 11 is 0. The van der Waals surface area contributed by atoms with Gasteiger partial charge in [0.15, 0.2) is 6.67 Å². The van der Waals surface area contributed by atoms with Gasteiger partial charge in [-0.1, -0.05) is 56.0 Å². The molecule has 1 saturated carbocycles. The van der Waals surface area contributed by atoms with E-state index in [9.17, 15) is 9.59 Å². The van der Waals surface area contributed by atoms with Gasteiger partial charge in [-0.3, -0.25) is 4.79 Å². The molecule has 1 spiro atoms. The van der Waals surface area contributed by atoms with E-state index in [1.165, 1.54) is 41.0 Å². The number of imide groups is 1. The van der Waals surface area contributed by atoms with Crippen molar-refractivity contribution in [3.8, 4) is 0 Å². The lowest BCUT2D eigenvalue weighted by Gasteiger charge is -2.31. The number of likely N-dealkylation sites (tertiary alicyclic amines) is 1. The average Bonchev–Trinajstić information content (AvgIpc) is 2.85. The van der Waals surface area contributed by atoms with Crippen molar-refractivity contribution in [3.63, 3.8) is 0 Å². The van der Waals surface area contributed by atoms with Crippen LogP contribution in [0.2, 0.25) is 0 Å². The Hall–Kier alpha value is -1.88. The lowest BCUT2D eigenvalue weighted by Crippen LogP contribution is -3.14. The van der Waals surface area contributed by atoms with Gasteiger partial charge >= 0.3 is 6.03 Å². The molecule has 1 aliphatic carbocycles. The summed E-state index contributed by atoms with van der Waals surface area (Å²) in [5, 5.41) is 3.06. The quantitative estimate of drug-likeness (QED) is 0.798. The first kappa shape index (κ1) is 18.5. The molecular formula is C22H32N3O2+. The maximum absolute atomic E-state index is 13.1. The second kappa shape index (κ2) is 8.01. The van der Waals surface area contributed by atoms with E-state index in [0.29, 0.717) is 12.6 Å². The Bertz CT molecular complexity index is 659. The summed E-state index contributed by atoms with van der Waals surface area (Å²) in [5.74, 6) is 0.751. The highest BCUT2D eigenvalue weighted by molar-refractivity contribution is 6.06. The van der Waals surface area contributed by atoms with E-state index in [-0.39, 0.29) is 11.9 Å². The highest BCUT2D eigenvalue weighted by Crippen LogP contribution is 2.32. The Kier molecular flexibility index (Phi) is 5.48. The van der Waals surface area contributed by atoms with Crippen molar-refractivity contribution >= 4 is 11.9 Å². The summed E-state index contributed by atoms with van der Waals surface area (Å²) in [7, 11) is 0. The molecule has 2 heterocycles. The van der Waals surface area contributed by atoms with Gasteiger partial charge in [0.2, 0.25) is 0 Å². The number of quaternary nitrogens is 1. The van der Waals surface area contributed by atoms with E-state index in [4.69, 9.17) is 0 Å². The molecule has 5 nitrogen and oxygen atoms in total. The zero-order chi connectivity index (χ0) is 18.7. The largest absolute Gasteiger partial charge is 0.329 e. The average molecular weight is 371 g/mol. The summed E-state index contributed by atoms with van der Waals surface area (Å²) in [6.07, 6.45) is 9.51. The number of carbonyl (C=O) groups is 2. The number of piperidine rings is 1. The van der Waals surface area contributed by atoms with E-state index >= 15 is 0 Å². The molecule has 2 saturated heterocycles. The van der Waals surface area contributed by atoms with Crippen LogP contribution < -0.4 is 10.2 Å². The van der Waals surface area contributed by atoms with Crippen molar-refractivity contribution in [2.24, 2.45) is 5.92 Å². The smallest absolute Gasteiger partial charge is 0.323 e. The molecule has 3 fully saturated rings. The standard InChI is InChI=1S/C22H31N3O2/c26-20-22(12-6-1-2-7-13-22)23-21(27)25(20)17-24-14-10-19(11-15-24)16-18-8-4-3-5-9-18/h3-5,8-9,19H,1-2,6-7,10-17H2,(H,23,27)/p+1. The Labute approximate surface area is 162 Å². The Morgan fingerprint density at radius 3 is 2.33 bits per heavy atom. The van der Waals surface area contributed by atoms with Gasteiger partial charge in [-0.05, 0) is 43.6 Å². The van der Waals surface area contributed by atoms with Gasteiger partial charge in [-0.2, -0.15) is 0 Å². The Morgan fingerprint density at radius 1 is 1.00 bits per heavy atom. The van der Waals surface area contributed by atoms with E-state index in [2.05, 4.69) is 35.6 Å². The van der Waals surface area contributed by atoms with Gasteiger partial charge in [0, 0.05) is 0 Å². The molecule has 27 heavy (non-hydrogen) atoms. The van der Waals surface area contributed by atoms with E-state index in [0.717, 1.165) is 45.2 Å². The zero-order valence-electron chi connectivity index (χ0n) is 16.2. The maximum Gasteiger partial charge on any atom is 0.329 e. The van der Waals surface area contributed by atoms with Gasteiger partial charge in [0.05, 0.1) is 13.1 Å². The van der Waals surface area contributed by atoms with E-state index in [1.807, 2.05) is 0 Å². The predicted molar refractivity (Wildman–Crippen MR) is 104 cm³/mol. The molecule has 4 rings (SSSR count). The van der Waals surface area contributed by atoms with Gasteiger partial charge in [0.1, 0.15) is 5.54 Å². The lowest BCUT2D eigenvalue weighted by molar-refractivity contribution is -0.913. The monoisotopic (exact) mass is 370 g/mol. The minimum Gasteiger partial charge on any atom is -0.323 e. The van der Waals surface area contributed by atoms with Crippen molar-refractivity contribution in [2.75, 3.05) is 19.8 Å². The molecule has 1 aromatic carbocycles. The van der Waals surface area contributed by atoms with Crippen LogP contribution in [0, 0.1) is 5.92 Å². The molecule has 0 unspecified atom stereocenters.